The first kappa shape index (κ1) is 22.5. The van der Waals surface area contributed by atoms with E-state index in [1.807, 2.05) is 4.90 Å². The predicted molar refractivity (Wildman–Crippen MR) is 112 cm³/mol. The molecule has 7 nitrogen and oxygen atoms in total. The standard InChI is InChI=1S/C23H21F3N4O3/c24-23(25,26)17-7-3-14(4-8-17)10-27-21(31)20-9-18-19(29-13-28-18)12-30(20)11-15-1-5-16(6-2-15)22(32)33/h1-8,13,20H,9-12H2,(H,27,31)(H,28,29)(H,32,33). The van der Waals surface area contributed by atoms with Crippen LogP contribution in [0.2, 0.25) is 0 Å². The highest BCUT2D eigenvalue weighted by Crippen LogP contribution is 2.29. The van der Waals surface area contributed by atoms with E-state index in [1.165, 1.54) is 24.3 Å². The van der Waals surface area contributed by atoms with Crippen molar-refractivity contribution in [3.63, 3.8) is 0 Å². The Balaban J connectivity index is 1.46. The van der Waals surface area contributed by atoms with Crippen LogP contribution in [0, 0.1) is 0 Å². The fourth-order valence-corrected chi connectivity index (χ4v) is 3.82. The van der Waals surface area contributed by atoms with Gasteiger partial charge in [0.25, 0.3) is 0 Å². The van der Waals surface area contributed by atoms with Crippen LogP contribution >= 0.6 is 0 Å². The van der Waals surface area contributed by atoms with Gasteiger partial charge in [0.2, 0.25) is 5.91 Å². The fourth-order valence-electron chi connectivity index (χ4n) is 3.82. The van der Waals surface area contributed by atoms with Crippen LogP contribution in [-0.4, -0.2) is 37.9 Å². The number of amides is 1. The number of hydrogen-bond donors (Lipinski definition) is 3. The zero-order chi connectivity index (χ0) is 23.6. The monoisotopic (exact) mass is 458 g/mol. The van der Waals surface area contributed by atoms with E-state index in [1.54, 1.807) is 18.5 Å². The Bertz CT molecular complexity index is 1140. The summed E-state index contributed by atoms with van der Waals surface area (Å²) in [5.41, 5.74) is 2.55. The number of carbonyl (C=O) groups is 2. The van der Waals surface area contributed by atoms with Gasteiger partial charge in [0.15, 0.2) is 0 Å². The van der Waals surface area contributed by atoms with Crippen molar-refractivity contribution in [2.24, 2.45) is 0 Å². The molecule has 4 rings (SSSR count). The normalized spacial score (nSPS) is 16.3. The Hall–Kier alpha value is -3.66. The Kier molecular flexibility index (Phi) is 6.19. The Labute approximate surface area is 187 Å². The average Bonchev–Trinajstić information content (AvgIpc) is 3.24. The van der Waals surface area contributed by atoms with Gasteiger partial charge < -0.3 is 15.4 Å². The third kappa shape index (κ3) is 5.23. The number of halogens is 3. The molecular weight excluding hydrogens is 437 g/mol. The van der Waals surface area contributed by atoms with E-state index in [0.29, 0.717) is 25.1 Å². The number of alkyl halides is 3. The van der Waals surface area contributed by atoms with E-state index in [9.17, 15) is 22.8 Å². The van der Waals surface area contributed by atoms with Crippen LogP contribution in [0.3, 0.4) is 0 Å². The van der Waals surface area contributed by atoms with Gasteiger partial charge in [-0.1, -0.05) is 24.3 Å². The maximum absolute atomic E-state index is 13.0. The summed E-state index contributed by atoms with van der Waals surface area (Å²) in [6.45, 7) is 0.965. The smallest absolute Gasteiger partial charge is 0.416 e. The van der Waals surface area contributed by atoms with Crippen molar-refractivity contribution in [3.05, 3.63) is 88.5 Å². The minimum Gasteiger partial charge on any atom is -0.478 e. The second-order valence-corrected chi connectivity index (χ2v) is 7.87. The van der Waals surface area contributed by atoms with Crippen molar-refractivity contribution >= 4 is 11.9 Å². The molecule has 10 heteroatoms. The predicted octanol–water partition coefficient (Wildman–Crippen LogP) is 3.37. The van der Waals surface area contributed by atoms with Crippen LogP contribution in [0.1, 0.15) is 38.4 Å². The van der Waals surface area contributed by atoms with Crippen molar-refractivity contribution in [1.82, 2.24) is 20.2 Å². The third-order valence-corrected chi connectivity index (χ3v) is 5.63. The van der Waals surface area contributed by atoms with Gasteiger partial charge in [-0.15, -0.1) is 0 Å². The lowest BCUT2D eigenvalue weighted by molar-refractivity contribution is -0.137. The molecule has 172 valence electrons. The van der Waals surface area contributed by atoms with Gasteiger partial charge in [-0.3, -0.25) is 9.69 Å². The minimum atomic E-state index is -4.41. The molecule has 2 heterocycles. The summed E-state index contributed by atoms with van der Waals surface area (Å²) < 4.78 is 38.2. The fraction of sp³-hybridized carbons (Fsp3) is 0.261. The topological polar surface area (TPSA) is 98.3 Å². The molecule has 3 aromatic rings. The number of H-pyrrole nitrogens is 1. The second-order valence-electron chi connectivity index (χ2n) is 7.87. The molecule has 1 aliphatic heterocycles. The van der Waals surface area contributed by atoms with Crippen molar-refractivity contribution in [2.45, 2.75) is 38.3 Å². The molecule has 0 spiro atoms. The molecule has 0 bridgehead atoms. The van der Waals surface area contributed by atoms with Gasteiger partial charge in [-0.25, -0.2) is 9.78 Å². The first-order valence-corrected chi connectivity index (χ1v) is 10.2. The van der Waals surface area contributed by atoms with Crippen molar-refractivity contribution in [3.8, 4) is 0 Å². The maximum Gasteiger partial charge on any atom is 0.416 e. The Morgan fingerprint density at radius 3 is 2.39 bits per heavy atom. The van der Waals surface area contributed by atoms with Crippen LogP contribution in [-0.2, 0) is 37.0 Å². The quantitative estimate of drug-likeness (QED) is 0.526. The van der Waals surface area contributed by atoms with Crippen molar-refractivity contribution in [1.29, 1.82) is 0 Å². The van der Waals surface area contributed by atoms with Crippen LogP contribution in [0.5, 0.6) is 0 Å². The second kappa shape index (κ2) is 9.07. The van der Waals surface area contributed by atoms with Gasteiger partial charge in [0.05, 0.1) is 34.9 Å². The van der Waals surface area contributed by atoms with E-state index < -0.39 is 23.8 Å². The highest BCUT2D eigenvalue weighted by molar-refractivity contribution is 5.87. The first-order valence-electron chi connectivity index (χ1n) is 10.2. The number of imidazole rings is 1. The summed E-state index contributed by atoms with van der Waals surface area (Å²) in [7, 11) is 0. The number of nitrogens with one attached hydrogen (secondary N) is 2. The van der Waals surface area contributed by atoms with E-state index in [2.05, 4.69) is 15.3 Å². The minimum absolute atomic E-state index is 0.0992. The summed E-state index contributed by atoms with van der Waals surface area (Å²) in [6, 6.07) is 10.6. The number of carboxylic acids is 1. The summed E-state index contributed by atoms with van der Waals surface area (Å²) in [6.07, 6.45) is -2.45. The van der Waals surface area contributed by atoms with Crippen LogP contribution in [0.25, 0.3) is 0 Å². The lowest BCUT2D eigenvalue weighted by Gasteiger charge is -2.34. The molecule has 0 saturated heterocycles. The number of fused-ring (bicyclic) bond motifs is 1. The molecule has 1 amide bonds. The number of carbonyl (C=O) groups excluding carboxylic acids is 1. The number of carboxylic acid groups (broad SMARTS) is 1. The molecule has 33 heavy (non-hydrogen) atoms. The molecule has 0 fully saturated rings. The van der Waals surface area contributed by atoms with Crippen LogP contribution in [0.4, 0.5) is 13.2 Å². The third-order valence-electron chi connectivity index (χ3n) is 5.63. The summed E-state index contributed by atoms with van der Waals surface area (Å²) >= 11 is 0. The number of nitrogens with zero attached hydrogens (tertiary/aromatic N) is 2. The molecule has 3 N–H and O–H groups in total. The molecule has 1 aromatic heterocycles. The Morgan fingerprint density at radius 1 is 1.09 bits per heavy atom. The van der Waals surface area contributed by atoms with E-state index in [0.717, 1.165) is 29.1 Å². The number of aromatic amines is 1. The molecular formula is C23H21F3N4O3. The molecule has 1 atom stereocenters. The summed E-state index contributed by atoms with van der Waals surface area (Å²) in [5.74, 6) is -1.27. The maximum atomic E-state index is 13.0. The highest BCUT2D eigenvalue weighted by Gasteiger charge is 2.33. The first-order chi connectivity index (χ1) is 15.7. The van der Waals surface area contributed by atoms with Crippen LogP contribution in [0.15, 0.2) is 54.9 Å². The number of rotatable bonds is 6. The van der Waals surface area contributed by atoms with Crippen LogP contribution < -0.4 is 5.32 Å². The van der Waals surface area contributed by atoms with Crippen molar-refractivity contribution in [2.75, 3.05) is 0 Å². The number of aromatic carboxylic acids is 1. The molecule has 0 aliphatic carbocycles. The van der Waals surface area contributed by atoms with Gasteiger partial charge >= 0.3 is 12.1 Å². The van der Waals surface area contributed by atoms with Gasteiger partial charge in [-0.2, -0.15) is 13.2 Å². The number of benzene rings is 2. The van der Waals surface area contributed by atoms with Crippen molar-refractivity contribution < 1.29 is 27.9 Å². The van der Waals surface area contributed by atoms with E-state index >= 15 is 0 Å². The molecule has 0 radical (unpaired) electrons. The highest BCUT2D eigenvalue weighted by atomic mass is 19.4. The zero-order valence-electron chi connectivity index (χ0n) is 17.4. The molecule has 2 aromatic carbocycles. The number of aromatic nitrogens is 2. The van der Waals surface area contributed by atoms with Gasteiger partial charge in [-0.05, 0) is 35.4 Å². The number of hydrogen-bond acceptors (Lipinski definition) is 4. The Morgan fingerprint density at radius 2 is 1.76 bits per heavy atom. The molecule has 1 unspecified atom stereocenters. The van der Waals surface area contributed by atoms with Gasteiger partial charge in [0.1, 0.15) is 0 Å². The SMILES string of the molecule is O=C(O)c1ccc(CN2Cc3[nH]cnc3CC2C(=O)NCc2ccc(C(F)(F)F)cc2)cc1. The van der Waals surface area contributed by atoms with E-state index in [4.69, 9.17) is 5.11 Å². The summed E-state index contributed by atoms with van der Waals surface area (Å²) in [4.78, 5) is 33.4. The van der Waals surface area contributed by atoms with E-state index in [-0.39, 0.29) is 18.0 Å². The average molecular weight is 458 g/mol. The molecule has 1 aliphatic rings. The largest absolute Gasteiger partial charge is 0.478 e. The lowest BCUT2D eigenvalue weighted by Crippen LogP contribution is -2.49. The lowest BCUT2D eigenvalue weighted by atomic mass is 10.00. The molecule has 0 saturated carbocycles. The summed E-state index contributed by atoms with van der Waals surface area (Å²) in [5, 5.41) is 11.9. The zero-order valence-corrected chi connectivity index (χ0v) is 17.4. The van der Waals surface area contributed by atoms with Gasteiger partial charge in [0, 0.05) is 26.1 Å².